The Hall–Kier alpha value is -3.08. The normalized spacial score (nSPS) is 45.7. The Morgan fingerprint density at radius 3 is 2.31 bits per heavy atom. The number of benzene rings is 2. The van der Waals surface area contributed by atoms with Gasteiger partial charge in [0.05, 0.1) is 10.3 Å². The summed E-state index contributed by atoms with van der Waals surface area (Å²) in [6.07, 6.45) is 1.74. The fourth-order valence-corrected chi connectivity index (χ4v) is 9.99. The van der Waals surface area contributed by atoms with Crippen LogP contribution in [0.4, 0.5) is 5.69 Å². The van der Waals surface area contributed by atoms with Gasteiger partial charge in [0.2, 0.25) is 0 Å². The molecule has 0 amide bonds. The van der Waals surface area contributed by atoms with Crippen LogP contribution in [-0.4, -0.2) is 16.5 Å². The van der Waals surface area contributed by atoms with Crippen LogP contribution in [0.5, 0.6) is 0 Å². The monoisotopic (exact) mass is 423 g/mol. The second-order valence-electron chi connectivity index (χ2n) is 11.0. The lowest BCUT2D eigenvalue weighted by Gasteiger charge is -2.63. The van der Waals surface area contributed by atoms with Crippen LogP contribution in [0, 0.1) is 45.1 Å². The summed E-state index contributed by atoms with van der Waals surface area (Å²) < 4.78 is 0. The lowest BCUT2D eigenvalue weighted by molar-refractivity contribution is -0.384. The van der Waals surface area contributed by atoms with E-state index in [1.807, 2.05) is 18.2 Å². The first-order chi connectivity index (χ1) is 15.4. The first-order valence-electron chi connectivity index (χ1n) is 11.5. The number of nitrogens with zero attached hydrogens (tertiary/aromatic N) is 1. The highest BCUT2D eigenvalue weighted by atomic mass is 16.6. The van der Waals surface area contributed by atoms with E-state index in [4.69, 9.17) is 0 Å². The molecule has 0 spiro atoms. The molecular weight excluding hydrogens is 402 g/mol. The van der Waals surface area contributed by atoms with Gasteiger partial charge in [0, 0.05) is 40.7 Å². The molecule has 5 heteroatoms. The molecule has 10 bridgehead atoms. The minimum atomic E-state index is -0.833. The summed E-state index contributed by atoms with van der Waals surface area (Å²) in [7, 11) is 0. The molecule has 8 atom stereocenters. The van der Waals surface area contributed by atoms with Crippen molar-refractivity contribution in [3.63, 3.8) is 0 Å². The number of hydrogen-bond acceptors (Lipinski definition) is 4. The number of nitro benzene ring substituents is 1. The van der Waals surface area contributed by atoms with E-state index in [1.165, 1.54) is 28.8 Å². The maximum Gasteiger partial charge on any atom is 0.269 e. The minimum absolute atomic E-state index is 0.0185. The van der Waals surface area contributed by atoms with E-state index in [1.54, 1.807) is 12.1 Å². The second kappa shape index (κ2) is 4.80. The Kier molecular flexibility index (Phi) is 2.62. The van der Waals surface area contributed by atoms with Crippen LogP contribution >= 0.6 is 0 Å². The smallest absolute Gasteiger partial charge is 0.269 e. The number of Topliss-reactive ketones (excluding diaryl/α,β-unsaturated/α-hetero) is 2. The highest BCUT2D eigenvalue weighted by molar-refractivity contribution is 6.13. The minimum Gasteiger partial charge on any atom is -0.299 e. The molecule has 9 aliphatic rings. The van der Waals surface area contributed by atoms with Gasteiger partial charge < -0.3 is 0 Å². The van der Waals surface area contributed by atoms with E-state index in [9.17, 15) is 19.7 Å². The molecule has 2 aromatic carbocycles. The fraction of sp³-hybridized carbons (Fsp3) is 0.407. The van der Waals surface area contributed by atoms with E-state index in [2.05, 4.69) is 19.1 Å². The van der Waals surface area contributed by atoms with Gasteiger partial charge in [0.15, 0.2) is 0 Å². The predicted octanol–water partition coefficient (Wildman–Crippen LogP) is 4.15. The predicted molar refractivity (Wildman–Crippen MR) is 115 cm³/mol. The number of carbonyl (C=O) groups is 2. The van der Waals surface area contributed by atoms with Crippen molar-refractivity contribution in [2.75, 3.05) is 0 Å². The van der Waals surface area contributed by atoms with Crippen LogP contribution in [-0.2, 0) is 20.4 Å². The van der Waals surface area contributed by atoms with Gasteiger partial charge >= 0.3 is 0 Å². The van der Waals surface area contributed by atoms with Gasteiger partial charge in [-0.25, -0.2) is 0 Å². The summed E-state index contributed by atoms with van der Waals surface area (Å²) in [4.78, 5) is 39.5. The van der Waals surface area contributed by atoms with Gasteiger partial charge in [0.25, 0.3) is 5.69 Å². The van der Waals surface area contributed by atoms with Crippen LogP contribution < -0.4 is 0 Å². The molecule has 32 heavy (non-hydrogen) atoms. The zero-order valence-corrected chi connectivity index (χ0v) is 17.6. The number of rotatable bonds is 3. The number of carbonyl (C=O) groups excluding carboxylic acids is 2. The number of ketones is 2. The topological polar surface area (TPSA) is 77.3 Å². The third kappa shape index (κ3) is 1.37. The lowest BCUT2D eigenvalue weighted by Crippen LogP contribution is -2.70. The Labute approximate surface area is 184 Å². The van der Waals surface area contributed by atoms with E-state index >= 15 is 0 Å². The van der Waals surface area contributed by atoms with Crippen molar-refractivity contribution in [2.24, 2.45) is 35.0 Å². The summed E-state index contributed by atoms with van der Waals surface area (Å²) >= 11 is 0. The Morgan fingerprint density at radius 2 is 1.62 bits per heavy atom. The number of hydrogen-bond donors (Lipinski definition) is 0. The zero-order valence-electron chi connectivity index (χ0n) is 17.6. The molecule has 0 N–H and O–H groups in total. The molecule has 5 nitrogen and oxygen atoms in total. The SMILES string of the molecule is CC12CC3(c4ccccc4)C4=C1C1CC4C4(c5ccc([N+](=O)[O-])cc5)C(=O)C3C2C(=O)C14. The van der Waals surface area contributed by atoms with Gasteiger partial charge in [-0.2, -0.15) is 0 Å². The molecule has 158 valence electrons. The molecule has 5 fully saturated rings. The van der Waals surface area contributed by atoms with E-state index in [-0.39, 0.29) is 57.7 Å². The van der Waals surface area contributed by atoms with Gasteiger partial charge in [0.1, 0.15) is 11.6 Å². The summed E-state index contributed by atoms with van der Waals surface area (Å²) in [5.41, 5.74) is 3.60. The lowest BCUT2D eigenvalue weighted by atomic mass is 9.37. The molecule has 8 unspecified atom stereocenters. The Morgan fingerprint density at radius 1 is 0.906 bits per heavy atom. The van der Waals surface area contributed by atoms with Gasteiger partial charge in [-0.3, -0.25) is 19.7 Å². The van der Waals surface area contributed by atoms with Gasteiger partial charge in [-0.05, 0) is 35.8 Å². The number of nitro groups is 1. The van der Waals surface area contributed by atoms with Crippen LogP contribution in [0.15, 0.2) is 65.7 Å². The van der Waals surface area contributed by atoms with Crippen molar-refractivity contribution in [3.8, 4) is 0 Å². The van der Waals surface area contributed by atoms with E-state index in [0.717, 1.165) is 18.4 Å². The second-order valence-corrected chi connectivity index (χ2v) is 11.0. The van der Waals surface area contributed by atoms with Gasteiger partial charge in [-0.15, -0.1) is 0 Å². The average molecular weight is 423 g/mol. The summed E-state index contributed by atoms with van der Waals surface area (Å²) in [6, 6.07) is 16.9. The van der Waals surface area contributed by atoms with Crippen molar-refractivity contribution in [3.05, 3.63) is 87.0 Å². The average Bonchev–Trinajstić information content (AvgIpc) is 3.51. The molecule has 2 aromatic rings. The van der Waals surface area contributed by atoms with Crippen molar-refractivity contribution < 1.29 is 14.5 Å². The third-order valence-corrected chi connectivity index (χ3v) is 10.4. The van der Waals surface area contributed by atoms with Crippen molar-refractivity contribution >= 4 is 17.3 Å². The highest BCUT2D eigenvalue weighted by Gasteiger charge is 2.89. The van der Waals surface area contributed by atoms with E-state index in [0.29, 0.717) is 0 Å². The maximum atomic E-state index is 14.6. The number of allylic oxidation sites excluding steroid dienone is 2. The highest BCUT2D eigenvalue weighted by Crippen LogP contribution is 2.87. The molecule has 11 rings (SSSR count). The van der Waals surface area contributed by atoms with Crippen molar-refractivity contribution in [1.82, 2.24) is 0 Å². The first kappa shape index (κ1) is 17.5. The molecule has 5 saturated carbocycles. The van der Waals surface area contributed by atoms with Crippen LogP contribution in [0.1, 0.15) is 30.9 Å². The van der Waals surface area contributed by atoms with Gasteiger partial charge in [-0.1, -0.05) is 60.5 Å². The van der Waals surface area contributed by atoms with Crippen molar-refractivity contribution in [2.45, 2.75) is 30.6 Å². The molecule has 0 radical (unpaired) electrons. The maximum absolute atomic E-state index is 14.6. The quantitative estimate of drug-likeness (QED) is 0.422. The summed E-state index contributed by atoms with van der Waals surface area (Å²) in [6.45, 7) is 2.25. The molecule has 9 aliphatic carbocycles. The van der Waals surface area contributed by atoms with Crippen LogP contribution in [0.25, 0.3) is 0 Å². The summed E-state index contributed by atoms with van der Waals surface area (Å²) in [5, 5.41) is 11.2. The van der Waals surface area contributed by atoms with Crippen molar-refractivity contribution in [1.29, 1.82) is 0 Å². The van der Waals surface area contributed by atoms with Crippen LogP contribution in [0.3, 0.4) is 0 Å². The molecule has 0 aromatic heterocycles. The molecular formula is C27H21NO4. The Balaban J connectivity index is 1.44. The number of non-ortho nitro benzene ring substituents is 1. The zero-order chi connectivity index (χ0) is 21.8. The van der Waals surface area contributed by atoms with Crippen LogP contribution in [0.2, 0.25) is 0 Å². The third-order valence-electron chi connectivity index (χ3n) is 10.4. The van der Waals surface area contributed by atoms with E-state index < -0.39 is 10.3 Å². The Bertz CT molecular complexity index is 1340. The first-order valence-corrected chi connectivity index (χ1v) is 11.5. The largest absolute Gasteiger partial charge is 0.299 e. The standard InChI is InChI=1S/C27H21NO4/c1-25-12-26(13-5-3-2-4-6-13)20-17-11-16(18(20)25)19-23(29)21(25)22(26)24(30)27(17,19)14-7-9-15(10-8-14)28(31)32/h2-10,16-17,19,21-22H,11-12H2,1H3. The summed E-state index contributed by atoms with van der Waals surface area (Å²) in [5.74, 6) is -0.142. The fourth-order valence-electron chi connectivity index (χ4n) is 9.99. The molecule has 0 heterocycles. The molecule has 0 saturated heterocycles. The molecule has 0 aliphatic heterocycles.